The van der Waals surface area contributed by atoms with Crippen LogP contribution in [0.2, 0.25) is 0 Å². The van der Waals surface area contributed by atoms with E-state index in [0.717, 1.165) is 12.8 Å². The van der Waals surface area contributed by atoms with Crippen LogP contribution in [-0.4, -0.2) is 43.3 Å². The van der Waals surface area contributed by atoms with Crippen LogP contribution in [0.4, 0.5) is 4.79 Å². The number of carbonyl (C=O) groups excluding carboxylic acids is 2. The Morgan fingerprint density at radius 3 is 2.40 bits per heavy atom. The number of ether oxygens (including phenoxy) is 2. The molecule has 0 atom stereocenters. The zero-order chi connectivity index (χ0) is 15.0. The molecule has 116 valence electrons. The Morgan fingerprint density at radius 1 is 1.20 bits per heavy atom. The highest BCUT2D eigenvalue weighted by molar-refractivity contribution is 5.73. The Balaban J connectivity index is 2.25. The largest absolute Gasteiger partial charge is 0.465 e. The minimum Gasteiger partial charge on any atom is -0.465 e. The molecule has 0 aromatic carbocycles. The van der Waals surface area contributed by atoms with Gasteiger partial charge in [0.2, 0.25) is 0 Å². The lowest BCUT2D eigenvalue weighted by atomic mass is 9.97. The molecule has 1 heterocycles. The van der Waals surface area contributed by atoms with Crippen LogP contribution in [0.5, 0.6) is 0 Å². The van der Waals surface area contributed by atoms with Gasteiger partial charge in [0.1, 0.15) is 0 Å². The van der Waals surface area contributed by atoms with E-state index in [0.29, 0.717) is 45.1 Å². The Labute approximate surface area is 121 Å². The Morgan fingerprint density at radius 2 is 1.85 bits per heavy atom. The van der Waals surface area contributed by atoms with E-state index in [1.165, 1.54) is 0 Å². The molecule has 1 saturated heterocycles. The molecule has 1 aliphatic rings. The molecule has 0 aromatic heterocycles. The average Bonchev–Trinajstić information content (AvgIpc) is 2.45. The highest BCUT2D eigenvalue weighted by Crippen LogP contribution is 2.19. The van der Waals surface area contributed by atoms with Gasteiger partial charge in [0.05, 0.1) is 19.1 Å². The zero-order valence-electron chi connectivity index (χ0n) is 12.9. The van der Waals surface area contributed by atoms with Crippen molar-refractivity contribution in [2.75, 3.05) is 26.3 Å². The molecule has 0 aromatic rings. The molecule has 0 spiro atoms. The van der Waals surface area contributed by atoms with Crippen molar-refractivity contribution >= 4 is 12.1 Å². The van der Waals surface area contributed by atoms with Crippen molar-refractivity contribution in [3.8, 4) is 0 Å². The summed E-state index contributed by atoms with van der Waals surface area (Å²) in [6.45, 7) is 8.17. The number of piperidine rings is 1. The Bertz CT molecular complexity index is 309. The molecule has 1 rings (SSSR count). The van der Waals surface area contributed by atoms with E-state index >= 15 is 0 Å². The number of amides is 1. The fraction of sp³-hybridized carbons (Fsp3) is 0.867. The van der Waals surface area contributed by atoms with Gasteiger partial charge < -0.3 is 14.4 Å². The predicted molar refractivity (Wildman–Crippen MR) is 76.4 cm³/mol. The van der Waals surface area contributed by atoms with Gasteiger partial charge in [-0.2, -0.15) is 0 Å². The standard InChI is InChI=1S/C15H27NO4/c1-4-5-10-19-14(17)13-6-8-16(9-7-13)15(18)20-11-12(2)3/h12-13H,4-11H2,1-3H3. The van der Waals surface area contributed by atoms with Gasteiger partial charge in [0.15, 0.2) is 0 Å². The van der Waals surface area contributed by atoms with Crippen molar-refractivity contribution in [3.63, 3.8) is 0 Å². The number of nitrogens with zero attached hydrogens (tertiary/aromatic N) is 1. The fourth-order valence-corrected chi connectivity index (χ4v) is 2.06. The molecule has 0 saturated carbocycles. The predicted octanol–water partition coefficient (Wildman–Crippen LogP) is 2.83. The third-order valence-corrected chi connectivity index (χ3v) is 3.37. The number of unbranched alkanes of at least 4 members (excludes halogenated alkanes) is 1. The number of likely N-dealkylation sites (tertiary alicyclic amines) is 1. The van der Waals surface area contributed by atoms with E-state index in [1.807, 2.05) is 13.8 Å². The second kappa shape index (κ2) is 8.82. The van der Waals surface area contributed by atoms with Crippen LogP contribution in [0.15, 0.2) is 0 Å². The summed E-state index contributed by atoms with van der Waals surface area (Å²) in [4.78, 5) is 25.3. The van der Waals surface area contributed by atoms with Crippen LogP contribution in [-0.2, 0) is 14.3 Å². The van der Waals surface area contributed by atoms with Crippen LogP contribution < -0.4 is 0 Å². The van der Waals surface area contributed by atoms with E-state index in [2.05, 4.69) is 6.92 Å². The van der Waals surface area contributed by atoms with Crippen LogP contribution in [0.25, 0.3) is 0 Å². The monoisotopic (exact) mass is 285 g/mol. The van der Waals surface area contributed by atoms with Gasteiger partial charge in [-0.1, -0.05) is 27.2 Å². The molecule has 0 unspecified atom stereocenters. The van der Waals surface area contributed by atoms with Crippen molar-refractivity contribution in [3.05, 3.63) is 0 Å². The summed E-state index contributed by atoms with van der Waals surface area (Å²) in [6, 6.07) is 0. The molecule has 0 aliphatic carbocycles. The average molecular weight is 285 g/mol. The molecule has 0 bridgehead atoms. The summed E-state index contributed by atoms with van der Waals surface area (Å²) < 4.78 is 10.4. The molecular formula is C15H27NO4. The normalized spacial score (nSPS) is 16.3. The number of esters is 1. The summed E-state index contributed by atoms with van der Waals surface area (Å²) in [7, 11) is 0. The second-order valence-electron chi connectivity index (χ2n) is 5.75. The van der Waals surface area contributed by atoms with Crippen molar-refractivity contribution in [1.29, 1.82) is 0 Å². The number of carbonyl (C=O) groups is 2. The maximum atomic E-state index is 11.8. The van der Waals surface area contributed by atoms with Gasteiger partial charge in [-0.3, -0.25) is 4.79 Å². The topological polar surface area (TPSA) is 55.8 Å². The van der Waals surface area contributed by atoms with Gasteiger partial charge in [-0.05, 0) is 25.2 Å². The lowest BCUT2D eigenvalue weighted by Crippen LogP contribution is -2.41. The molecule has 0 N–H and O–H groups in total. The van der Waals surface area contributed by atoms with Gasteiger partial charge in [0.25, 0.3) is 0 Å². The smallest absolute Gasteiger partial charge is 0.409 e. The Hall–Kier alpha value is -1.26. The third-order valence-electron chi connectivity index (χ3n) is 3.37. The second-order valence-corrected chi connectivity index (χ2v) is 5.75. The number of rotatable bonds is 6. The first-order valence-electron chi connectivity index (χ1n) is 7.63. The van der Waals surface area contributed by atoms with Crippen LogP contribution in [0.3, 0.4) is 0 Å². The van der Waals surface area contributed by atoms with Gasteiger partial charge >= 0.3 is 12.1 Å². The fourth-order valence-electron chi connectivity index (χ4n) is 2.06. The van der Waals surface area contributed by atoms with Gasteiger partial charge in [-0.15, -0.1) is 0 Å². The molecule has 0 radical (unpaired) electrons. The molecule has 1 amide bonds. The SMILES string of the molecule is CCCCOC(=O)C1CCN(C(=O)OCC(C)C)CC1. The van der Waals surface area contributed by atoms with Crippen LogP contribution in [0.1, 0.15) is 46.5 Å². The summed E-state index contributed by atoms with van der Waals surface area (Å²) in [5.74, 6) is 0.152. The maximum Gasteiger partial charge on any atom is 0.409 e. The zero-order valence-corrected chi connectivity index (χ0v) is 12.9. The van der Waals surface area contributed by atoms with Crippen molar-refractivity contribution in [2.45, 2.75) is 46.5 Å². The lowest BCUT2D eigenvalue weighted by molar-refractivity contribution is -0.150. The maximum absolute atomic E-state index is 11.8. The summed E-state index contributed by atoms with van der Waals surface area (Å²) >= 11 is 0. The van der Waals surface area contributed by atoms with Gasteiger partial charge in [-0.25, -0.2) is 4.79 Å². The van der Waals surface area contributed by atoms with Gasteiger partial charge in [0, 0.05) is 13.1 Å². The minimum absolute atomic E-state index is 0.0685. The Kier molecular flexibility index (Phi) is 7.41. The van der Waals surface area contributed by atoms with Crippen molar-refractivity contribution < 1.29 is 19.1 Å². The van der Waals surface area contributed by atoms with Crippen LogP contribution >= 0.6 is 0 Å². The minimum atomic E-state index is -0.267. The number of hydrogen-bond acceptors (Lipinski definition) is 4. The summed E-state index contributed by atoms with van der Waals surface area (Å²) in [5, 5.41) is 0. The number of hydrogen-bond donors (Lipinski definition) is 0. The van der Waals surface area contributed by atoms with Crippen molar-refractivity contribution in [2.24, 2.45) is 11.8 Å². The van der Waals surface area contributed by atoms with Crippen molar-refractivity contribution in [1.82, 2.24) is 4.90 Å². The highest BCUT2D eigenvalue weighted by atomic mass is 16.6. The third kappa shape index (κ3) is 5.80. The van der Waals surface area contributed by atoms with E-state index < -0.39 is 0 Å². The summed E-state index contributed by atoms with van der Waals surface area (Å²) in [5.41, 5.74) is 0. The first kappa shape index (κ1) is 16.8. The lowest BCUT2D eigenvalue weighted by Gasteiger charge is -2.30. The molecule has 20 heavy (non-hydrogen) atoms. The van der Waals surface area contributed by atoms with E-state index in [1.54, 1.807) is 4.90 Å². The molecule has 5 heteroatoms. The highest BCUT2D eigenvalue weighted by Gasteiger charge is 2.28. The molecule has 1 fully saturated rings. The summed E-state index contributed by atoms with van der Waals surface area (Å²) in [6.07, 6.45) is 3.00. The van der Waals surface area contributed by atoms with Crippen LogP contribution in [0, 0.1) is 11.8 Å². The van der Waals surface area contributed by atoms with E-state index in [9.17, 15) is 9.59 Å². The van der Waals surface area contributed by atoms with E-state index in [4.69, 9.17) is 9.47 Å². The quantitative estimate of drug-likeness (QED) is 0.556. The molecule has 1 aliphatic heterocycles. The first-order chi connectivity index (χ1) is 9.54. The first-order valence-corrected chi connectivity index (χ1v) is 7.63. The molecule has 5 nitrogen and oxygen atoms in total. The molecular weight excluding hydrogens is 258 g/mol. The van der Waals surface area contributed by atoms with E-state index in [-0.39, 0.29) is 18.0 Å².